The third kappa shape index (κ3) is 4.83. The molecule has 1 aliphatic carbocycles. The van der Waals surface area contributed by atoms with Gasteiger partial charge in [0.05, 0.1) is 5.41 Å². The summed E-state index contributed by atoms with van der Waals surface area (Å²) in [6.45, 7) is 5.58. The Morgan fingerprint density at radius 3 is 2.06 bits per heavy atom. The zero-order chi connectivity index (χ0) is 24.9. The molecule has 0 aromatic heterocycles. The third-order valence-electron chi connectivity index (χ3n) is 6.38. The molecule has 3 rings (SSSR count). The van der Waals surface area contributed by atoms with E-state index in [0.29, 0.717) is 37.2 Å². The number of carbonyl (C=O) groups excluding carboxylic acids is 2. The van der Waals surface area contributed by atoms with Gasteiger partial charge in [-0.15, -0.1) is 0 Å². The maximum atomic E-state index is 13.2. The van der Waals surface area contributed by atoms with Crippen molar-refractivity contribution in [2.75, 3.05) is 6.54 Å². The predicted molar refractivity (Wildman–Crippen MR) is 127 cm³/mol. The van der Waals surface area contributed by atoms with E-state index in [9.17, 15) is 24.2 Å². The number of ketones is 1. The first-order chi connectivity index (χ1) is 16.3. The monoisotopic (exact) mass is 467 g/mol. The molecule has 0 radical (unpaired) electrons. The Morgan fingerprint density at radius 2 is 1.53 bits per heavy atom. The van der Waals surface area contributed by atoms with Gasteiger partial charge in [0.2, 0.25) is 0 Å². The van der Waals surface area contributed by atoms with Crippen LogP contribution in [0.5, 0.6) is 11.5 Å². The van der Waals surface area contributed by atoms with Gasteiger partial charge in [0.1, 0.15) is 34.4 Å². The fourth-order valence-corrected chi connectivity index (χ4v) is 4.23. The molecule has 2 aromatic carbocycles. The first-order valence-corrected chi connectivity index (χ1v) is 11.5. The molecule has 34 heavy (non-hydrogen) atoms. The highest BCUT2D eigenvalue weighted by Gasteiger charge is 2.48. The van der Waals surface area contributed by atoms with Crippen LogP contribution in [0.1, 0.15) is 45.6 Å². The molecule has 7 heteroatoms. The number of hydrogen-bond donors (Lipinski definition) is 3. The largest absolute Gasteiger partial charge is 0.511 e. The molecule has 0 saturated heterocycles. The maximum Gasteiger partial charge on any atom is 0.258 e. The number of Topliss-reactive ketones (excluding diaryl/α,β-unsaturated/α-hetero) is 1. The topological polar surface area (TPSA) is 95.9 Å². The van der Waals surface area contributed by atoms with Crippen molar-refractivity contribution in [3.05, 3.63) is 82.6 Å². The molecule has 0 fully saturated rings. The number of allylic oxidation sites excluding steroid dienone is 2. The average molecular weight is 468 g/mol. The van der Waals surface area contributed by atoms with Gasteiger partial charge >= 0.3 is 0 Å². The second-order valence-corrected chi connectivity index (χ2v) is 8.23. The van der Waals surface area contributed by atoms with Crippen LogP contribution in [0, 0.1) is 11.2 Å². The van der Waals surface area contributed by atoms with Gasteiger partial charge in [-0.1, -0.05) is 32.9 Å². The Labute approximate surface area is 198 Å². The minimum absolute atomic E-state index is 0.137. The summed E-state index contributed by atoms with van der Waals surface area (Å²) < 4.78 is 18.7. The number of ether oxygens (including phenoxy) is 1. The molecule has 0 spiro atoms. The smallest absolute Gasteiger partial charge is 0.258 e. The summed E-state index contributed by atoms with van der Waals surface area (Å²) in [4.78, 5) is 26.0. The highest BCUT2D eigenvalue weighted by Crippen LogP contribution is 2.44. The van der Waals surface area contributed by atoms with E-state index in [1.807, 2.05) is 12.1 Å². The highest BCUT2D eigenvalue weighted by atomic mass is 19.1. The van der Waals surface area contributed by atoms with E-state index in [1.54, 1.807) is 45.0 Å². The molecule has 0 bridgehead atoms. The number of nitrogens with one attached hydrogen (secondary N) is 1. The summed E-state index contributed by atoms with van der Waals surface area (Å²) in [6.07, 6.45) is 1.46. The molecule has 3 N–H and O–H groups in total. The minimum atomic E-state index is -1.19. The van der Waals surface area contributed by atoms with Gasteiger partial charge in [-0.05, 0) is 67.6 Å². The van der Waals surface area contributed by atoms with E-state index in [1.165, 1.54) is 12.1 Å². The number of amides is 1. The SMILES string of the molecule is CCC1=C(O)C(CC)(CC)C(=O)C(C(=O)NCCc2ccc(Oc3ccc(F)cc3)cc2)=C1O. The summed E-state index contributed by atoms with van der Waals surface area (Å²) in [7, 11) is 0. The molecular weight excluding hydrogens is 437 g/mol. The van der Waals surface area contributed by atoms with Gasteiger partial charge in [-0.3, -0.25) is 9.59 Å². The van der Waals surface area contributed by atoms with E-state index < -0.39 is 22.9 Å². The molecular formula is C27H30FNO5. The van der Waals surface area contributed by atoms with Crippen molar-refractivity contribution in [3.63, 3.8) is 0 Å². The van der Waals surface area contributed by atoms with E-state index in [2.05, 4.69) is 5.32 Å². The number of aliphatic hydroxyl groups excluding tert-OH is 2. The molecule has 0 atom stereocenters. The van der Waals surface area contributed by atoms with Crippen LogP contribution in [0.25, 0.3) is 0 Å². The summed E-state index contributed by atoms with van der Waals surface area (Å²) in [6, 6.07) is 13.0. The molecule has 0 heterocycles. The van der Waals surface area contributed by atoms with Gasteiger partial charge < -0.3 is 20.3 Å². The lowest BCUT2D eigenvalue weighted by Crippen LogP contribution is -2.43. The van der Waals surface area contributed by atoms with Gasteiger partial charge in [-0.2, -0.15) is 0 Å². The Balaban J connectivity index is 1.65. The number of rotatable bonds is 9. The van der Waals surface area contributed by atoms with Crippen molar-refractivity contribution in [2.24, 2.45) is 5.41 Å². The third-order valence-corrected chi connectivity index (χ3v) is 6.38. The Morgan fingerprint density at radius 1 is 0.971 bits per heavy atom. The van der Waals surface area contributed by atoms with Crippen LogP contribution in [0.15, 0.2) is 71.2 Å². The molecule has 180 valence electrons. The second-order valence-electron chi connectivity index (χ2n) is 8.23. The number of halogens is 1. The van der Waals surface area contributed by atoms with Gasteiger partial charge in [0.15, 0.2) is 5.78 Å². The fraction of sp³-hybridized carbons (Fsp3) is 0.333. The van der Waals surface area contributed by atoms with Crippen molar-refractivity contribution < 1.29 is 28.9 Å². The summed E-state index contributed by atoms with van der Waals surface area (Å²) >= 11 is 0. The van der Waals surface area contributed by atoms with E-state index >= 15 is 0 Å². The van der Waals surface area contributed by atoms with Crippen molar-refractivity contribution in [3.8, 4) is 11.5 Å². The van der Waals surface area contributed by atoms with Crippen molar-refractivity contribution in [1.29, 1.82) is 0 Å². The summed E-state index contributed by atoms with van der Waals surface area (Å²) in [5.74, 6) is -1.00. The summed E-state index contributed by atoms with van der Waals surface area (Å²) in [5.41, 5.74) is -0.306. The second kappa shape index (κ2) is 10.5. The van der Waals surface area contributed by atoms with E-state index in [4.69, 9.17) is 4.74 Å². The molecule has 0 saturated carbocycles. The van der Waals surface area contributed by atoms with E-state index in [0.717, 1.165) is 5.56 Å². The lowest BCUT2D eigenvalue weighted by molar-refractivity contribution is -0.129. The van der Waals surface area contributed by atoms with Crippen molar-refractivity contribution >= 4 is 11.7 Å². The number of carbonyl (C=O) groups is 2. The van der Waals surface area contributed by atoms with Gasteiger partial charge in [0, 0.05) is 12.1 Å². The van der Waals surface area contributed by atoms with Crippen LogP contribution < -0.4 is 10.1 Å². The fourth-order valence-electron chi connectivity index (χ4n) is 4.23. The van der Waals surface area contributed by atoms with Crippen LogP contribution in [-0.2, 0) is 16.0 Å². The quantitative estimate of drug-likeness (QED) is 0.411. The lowest BCUT2D eigenvalue weighted by atomic mass is 9.68. The van der Waals surface area contributed by atoms with Crippen LogP contribution in [-0.4, -0.2) is 28.4 Å². The Hall–Kier alpha value is -3.61. The first-order valence-electron chi connectivity index (χ1n) is 11.5. The number of aliphatic hydroxyl groups is 2. The molecule has 2 aromatic rings. The number of hydrogen-bond acceptors (Lipinski definition) is 5. The van der Waals surface area contributed by atoms with Crippen LogP contribution in [0.2, 0.25) is 0 Å². The standard InChI is InChI=1S/C27H30FNO5/c1-4-21-23(30)22(25(32)27(5-2,6-3)24(21)31)26(33)29-16-15-17-7-11-19(12-8-17)34-20-13-9-18(28)10-14-20/h7-14,30-31H,4-6,15-16H2,1-3H3,(H,29,33). The average Bonchev–Trinajstić information content (AvgIpc) is 2.83. The van der Waals surface area contributed by atoms with Crippen molar-refractivity contribution in [1.82, 2.24) is 5.32 Å². The van der Waals surface area contributed by atoms with Gasteiger partial charge in [-0.25, -0.2) is 4.39 Å². The molecule has 0 unspecified atom stereocenters. The zero-order valence-corrected chi connectivity index (χ0v) is 19.7. The first kappa shape index (κ1) is 25.0. The minimum Gasteiger partial charge on any atom is -0.511 e. The summed E-state index contributed by atoms with van der Waals surface area (Å²) in [5, 5.41) is 24.0. The van der Waals surface area contributed by atoms with Crippen LogP contribution in [0.4, 0.5) is 4.39 Å². The molecule has 1 aliphatic rings. The van der Waals surface area contributed by atoms with Crippen LogP contribution in [0.3, 0.4) is 0 Å². The number of benzene rings is 2. The highest BCUT2D eigenvalue weighted by molar-refractivity contribution is 6.23. The lowest BCUT2D eigenvalue weighted by Gasteiger charge is -2.35. The van der Waals surface area contributed by atoms with Crippen molar-refractivity contribution in [2.45, 2.75) is 46.5 Å². The molecule has 1 amide bonds. The van der Waals surface area contributed by atoms with Gasteiger partial charge in [0.25, 0.3) is 5.91 Å². The normalized spacial score (nSPS) is 15.5. The van der Waals surface area contributed by atoms with Crippen LogP contribution >= 0.6 is 0 Å². The molecule has 0 aliphatic heterocycles. The Kier molecular flexibility index (Phi) is 7.76. The maximum absolute atomic E-state index is 13.2. The van der Waals surface area contributed by atoms with E-state index in [-0.39, 0.29) is 29.3 Å². The zero-order valence-electron chi connectivity index (χ0n) is 19.7. The molecule has 6 nitrogen and oxygen atoms in total. The Bertz CT molecular complexity index is 1110. The predicted octanol–water partition coefficient (Wildman–Crippen LogP) is 5.70.